The zero-order valence-corrected chi connectivity index (χ0v) is 20.4. The van der Waals surface area contributed by atoms with E-state index in [0.717, 1.165) is 12.0 Å². The molecule has 1 amide bonds. The molecule has 0 saturated heterocycles. The molecule has 0 radical (unpaired) electrons. The average molecular weight is 474 g/mol. The van der Waals surface area contributed by atoms with Crippen molar-refractivity contribution in [3.8, 4) is 0 Å². The highest BCUT2D eigenvalue weighted by Crippen LogP contribution is 2.18. The first-order valence-corrected chi connectivity index (χ1v) is 11.6. The summed E-state index contributed by atoms with van der Waals surface area (Å²) in [7, 11) is 0. The number of rotatable bonds is 9. The van der Waals surface area contributed by atoms with E-state index in [4.69, 9.17) is 21.4 Å². The molecule has 9 heteroatoms. The molecule has 33 heavy (non-hydrogen) atoms. The number of hydrogen-bond acceptors (Lipinski definition) is 5. The van der Waals surface area contributed by atoms with Crippen molar-refractivity contribution in [3.63, 3.8) is 0 Å². The minimum Gasteiger partial charge on any atom is -0.444 e. The molecule has 3 aromatic rings. The third kappa shape index (κ3) is 6.58. The highest BCUT2D eigenvalue weighted by molar-refractivity contribution is 6.29. The van der Waals surface area contributed by atoms with Gasteiger partial charge in [0, 0.05) is 6.54 Å². The summed E-state index contributed by atoms with van der Waals surface area (Å²) in [6.07, 6.45) is 0.997. The van der Waals surface area contributed by atoms with Crippen molar-refractivity contribution in [1.82, 2.24) is 24.8 Å². The third-order valence-electron chi connectivity index (χ3n) is 5.07. The van der Waals surface area contributed by atoms with Gasteiger partial charge in [-0.15, -0.1) is 0 Å². The van der Waals surface area contributed by atoms with Gasteiger partial charge >= 0.3 is 6.09 Å². The Labute approximate surface area is 198 Å². The van der Waals surface area contributed by atoms with Crippen molar-refractivity contribution in [2.75, 3.05) is 13.1 Å². The van der Waals surface area contributed by atoms with E-state index in [0.29, 0.717) is 42.5 Å². The maximum atomic E-state index is 13.3. The molecule has 8 nitrogen and oxygen atoms in total. The fraction of sp³-hybridized carbons (Fsp3) is 0.458. The molecule has 1 atom stereocenters. The Morgan fingerprint density at radius 3 is 2.55 bits per heavy atom. The molecular formula is C24H32ClN5O3. The monoisotopic (exact) mass is 473 g/mol. The first-order chi connectivity index (χ1) is 15.7. The van der Waals surface area contributed by atoms with Crippen molar-refractivity contribution >= 4 is 23.2 Å². The van der Waals surface area contributed by atoms with Crippen molar-refractivity contribution in [2.24, 2.45) is 0 Å². The van der Waals surface area contributed by atoms with Crippen LogP contribution in [0.2, 0.25) is 5.15 Å². The molecule has 0 spiro atoms. The van der Waals surface area contributed by atoms with Crippen LogP contribution < -0.4 is 16.2 Å². The number of nitrogens with one attached hydrogen (secondary N) is 2. The fourth-order valence-corrected chi connectivity index (χ4v) is 3.72. The number of amides is 1. The van der Waals surface area contributed by atoms with Gasteiger partial charge in [0.2, 0.25) is 0 Å². The highest BCUT2D eigenvalue weighted by atomic mass is 35.5. The fourth-order valence-electron chi connectivity index (χ4n) is 3.53. The molecule has 2 heterocycles. The molecule has 0 aliphatic heterocycles. The molecule has 178 valence electrons. The number of carbonyl (C=O) groups excluding carboxylic acids is 1. The molecule has 0 fully saturated rings. The van der Waals surface area contributed by atoms with Gasteiger partial charge in [-0.05, 0) is 57.9 Å². The first kappa shape index (κ1) is 24.8. The molecule has 0 aliphatic carbocycles. The lowest BCUT2D eigenvalue weighted by molar-refractivity contribution is 0.0527. The van der Waals surface area contributed by atoms with Crippen LogP contribution in [0.25, 0.3) is 5.52 Å². The van der Waals surface area contributed by atoms with Crippen LogP contribution in [0.5, 0.6) is 0 Å². The predicted molar refractivity (Wildman–Crippen MR) is 130 cm³/mol. The van der Waals surface area contributed by atoms with Crippen molar-refractivity contribution in [2.45, 2.75) is 58.7 Å². The Bertz CT molecular complexity index is 1130. The summed E-state index contributed by atoms with van der Waals surface area (Å²) >= 11 is 6.28. The number of fused-ring (bicyclic) bond motifs is 1. The minimum atomic E-state index is -0.526. The number of aromatic nitrogens is 3. The van der Waals surface area contributed by atoms with E-state index >= 15 is 0 Å². The Morgan fingerprint density at radius 2 is 1.88 bits per heavy atom. The van der Waals surface area contributed by atoms with Crippen LogP contribution in [-0.4, -0.2) is 39.0 Å². The van der Waals surface area contributed by atoms with E-state index in [1.807, 2.05) is 58.0 Å². The maximum absolute atomic E-state index is 13.3. The zero-order chi connectivity index (χ0) is 24.0. The minimum absolute atomic E-state index is 0.136. The van der Waals surface area contributed by atoms with E-state index in [9.17, 15) is 9.59 Å². The molecule has 0 aliphatic rings. The second kappa shape index (κ2) is 10.9. The molecule has 0 saturated carbocycles. The second-order valence-electron chi connectivity index (χ2n) is 8.89. The van der Waals surface area contributed by atoms with Crippen molar-refractivity contribution in [3.05, 3.63) is 69.4 Å². The largest absolute Gasteiger partial charge is 0.444 e. The topological polar surface area (TPSA) is 89.7 Å². The van der Waals surface area contributed by atoms with Crippen LogP contribution >= 0.6 is 11.6 Å². The van der Waals surface area contributed by atoms with Gasteiger partial charge in [0.15, 0.2) is 0 Å². The smallest absolute Gasteiger partial charge is 0.407 e. The number of alkyl carbamates (subject to hydrolysis) is 1. The lowest BCUT2D eigenvalue weighted by atomic mass is 10.1. The van der Waals surface area contributed by atoms with Crippen LogP contribution in [0.15, 0.2) is 47.3 Å². The normalized spacial score (nSPS) is 12.6. The highest BCUT2D eigenvalue weighted by Gasteiger charge is 2.20. The number of benzene rings is 1. The molecule has 1 unspecified atom stereocenters. The van der Waals surface area contributed by atoms with E-state index < -0.39 is 11.7 Å². The maximum Gasteiger partial charge on any atom is 0.407 e. The third-order valence-corrected chi connectivity index (χ3v) is 5.35. The van der Waals surface area contributed by atoms with E-state index in [-0.39, 0.29) is 11.6 Å². The molecule has 3 rings (SSSR count). The van der Waals surface area contributed by atoms with Gasteiger partial charge < -0.3 is 15.4 Å². The molecular weight excluding hydrogens is 442 g/mol. The van der Waals surface area contributed by atoms with Crippen LogP contribution in [0, 0.1) is 0 Å². The number of ether oxygens (including phenoxy) is 1. The summed E-state index contributed by atoms with van der Waals surface area (Å²) in [5.41, 5.74) is 0.794. The van der Waals surface area contributed by atoms with Gasteiger partial charge in [0.1, 0.15) is 22.1 Å². The van der Waals surface area contributed by atoms with Gasteiger partial charge in [-0.3, -0.25) is 9.36 Å². The first-order valence-electron chi connectivity index (χ1n) is 11.2. The Morgan fingerprint density at radius 1 is 1.15 bits per heavy atom. The summed E-state index contributed by atoms with van der Waals surface area (Å²) in [6, 6.07) is 13.0. The number of halogens is 1. The van der Waals surface area contributed by atoms with Crippen LogP contribution in [0.3, 0.4) is 0 Å². The Kier molecular flexibility index (Phi) is 8.15. The lowest BCUT2D eigenvalue weighted by Crippen LogP contribution is -2.36. The zero-order valence-electron chi connectivity index (χ0n) is 19.6. The van der Waals surface area contributed by atoms with E-state index in [1.165, 1.54) is 4.52 Å². The summed E-state index contributed by atoms with van der Waals surface area (Å²) in [4.78, 5) is 25.1. The van der Waals surface area contributed by atoms with Crippen molar-refractivity contribution in [1.29, 1.82) is 0 Å². The summed E-state index contributed by atoms with van der Waals surface area (Å²) in [6.45, 7) is 9.05. The summed E-state index contributed by atoms with van der Waals surface area (Å²) in [5.74, 6) is 0.622. The van der Waals surface area contributed by atoms with Gasteiger partial charge in [0.25, 0.3) is 5.56 Å². The van der Waals surface area contributed by atoms with Gasteiger partial charge in [0.05, 0.1) is 12.6 Å². The van der Waals surface area contributed by atoms with Gasteiger partial charge in [-0.1, -0.05) is 48.9 Å². The molecule has 2 N–H and O–H groups in total. The SMILES string of the molecule is CCC(NCCCNC(=O)OC(C)(C)C)c1nn2c(Cl)ccc2c(=O)n1Cc1ccccc1. The van der Waals surface area contributed by atoms with E-state index in [1.54, 1.807) is 16.7 Å². The summed E-state index contributed by atoms with van der Waals surface area (Å²) in [5, 5.41) is 11.3. The van der Waals surface area contributed by atoms with Crippen LogP contribution in [-0.2, 0) is 11.3 Å². The summed E-state index contributed by atoms with van der Waals surface area (Å²) < 4.78 is 8.46. The predicted octanol–water partition coefficient (Wildman–Crippen LogP) is 4.15. The molecule has 0 bridgehead atoms. The second-order valence-corrected chi connectivity index (χ2v) is 9.27. The van der Waals surface area contributed by atoms with Gasteiger partial charge in [-0.25, -0.2) is 9.31 Å². The molecule has 2 aromatic heterocycles. The number of carbonyl (C=O) groups is 1. The quantitative estimate of drug-likeness (QED) is 0.455. The number of nitrogens with zero attached hydrogens (tertiary/aromatic N) is 3. The van der Waals surface area contributed by atoms with Crippen molar-refractivity contribution < 1.29 is 9.53 Å². The average Bonchev–Trinajstić information content (AvgIpc) is 3.13. The van der Waals surface area contributed by atoms with Crippen LogP contribution in [0.4, 0.5) is 4.79 Å². The van der Waals surface area contributed by atoms with E-state index in [2.05, 4.69) is 10.6 Å². The Balaban J connectivity index is 1.75. The number of hydrogen-bond donors (Lipinski definition) is 2. The van der Waals surface area contributed by atoms with Crippen LogP contribution in [0.1, 0.15) is 58.0 Å². The standard InChI is InChI=1S/C24H32ClN5O3/c1-5-18(26-14-9-15-27-23(32)33-24(2,3)4)21-28-30-19(12-13-20(30)25)22(31)29(21)16-17-10-7-6-8-11-17/h6-8,10-13,18,26H,5,9,14-16H2,1-4H3,(H,27,32). The lowest BCUT2D eigenvalue weighted by Gasteiger charge is -2.22. The Hall–Kier alpha value is -2.84. The van der Waals surface area contributed by atoms with Gasteiger partial charge in [-0.2, -0.15) is 5.10 Å². The molecule has 1 aromatic carbocycles.